The van der Waals surface area contributed by atoms with E-state index >= 15 is 0 Å². The third-order valence-electron chi connectivity index (χ3n) is 4.69. The van der Waals surface area contributed by atoms with Gasteiger partial charge < -0.3 is 4.90 Å². The van der Waals surface area contributed by atoms with Crippen molar-refractivity contribution in [2.45, 2.75) is 54.8 Å². The molecule has 1 heterocycles. The molecule has 0 spiro atoms. The van der Waals surface area contributed by atoms with E-state index in [9.17, 15) is 13.2 Å². The molecule has 0 aromatic heterocycles. The molecule has 0 N–H and O–H groups in total. The molecular weight excluding hydrogens is 330 g/mol. The Balaban J connectivity index is 1.87. The van der Waals surface area contributed by atoms with Crippen molar-refractivity contribution in [3.63, 3.8) is 0 Å². The van der Waals surface area contributed by atoms with Gasteiger partial charge >= 0.3 is 0 Å². The summed E-state index contributed by atoms with van der Waals surface area (Å²) in [5, 5.41) is 0.0213. The second-order valence-corrected chi connectivity index (χ2v) is 9.61. The van der Waals surface area contributed by atoms with Gasteiger partial charge in [-0.15, -0.1) is 11.8 Å². The molecule has 1 unspecified atom stereocenters. The van der Waals surface area contributed by atoms with E-state index in [1.165, 1.54) is 25.5 Å². The van der Waals surface area contributed by atoms with Crippen molar-refractivity contribution in [1.29, 1.82) is 0 Å². The van der Waals surface area contributed by atoms with Gasteiger partial charge in [0, 0.05) is 24.5 Å². The summed E-state index contributed by atoms with van der Waals surface area (Å²) in [5.41, 5.74) is 1.03. The van der Waals surface area contributed by atoms with Crippen LogP contribution in [-0.4, -0.2) is 37.3 Å². The Hall–Kier alpha value is -1.01. The summed E-state index contributed by atoms with van der Waals surface area (Å²) in [6, 6.07) is 7.38. The molecule has 23 heavy (non-hydrogen) atoms. The molecule has 2 fully saturated rings. The van der Waals surface area contributed by atoms with Gasteiger partial charge in [-0.2, -0.15) is 0 Å². The Morgan fingerprint density at radius 3 is 2.35 bits per heavy atom. The highest BCUT2D eigenvalue weighted by Gasteiger charge is 2.35. The zero-order valence-electron chi connectivity index (χ0n) is 13.4. The number of carbonyl (C=O) groups excluding carboxylic acids is 1. The SMILES string of the molecule is CS(=O)(=O)c1ccc(C2SCCC(=O)N2C2CCCCC2)cc1. The Labute approximate surface area is 142 Å². The molecule has 1 amide bonds. The number of nitrogens with zero attached hydrogens (tertiary/aromatic N) is 1. The standard InChI is InChI=1S/C17H23NO3S2/c1-23(20,21)15-9-7-13(8-10-15)17-18(16(19)11-12-22-17)14-5-3-2-4-6-14/h7-10,14,17H,2-6,11-12H2,1H3. The van der Waals surface area contributed by atoms with Crippen LogP contribution in [0.15, 0.2) is 29.2 Å². The van der Waals surface area contributed by atoms with Crippen LogP contribution in [0.2, 0.25) is 0 Å². The highest BCUT2D eigenvalue weighted by Crippen LogP contribution is 2.41. The van der Waals surface area contributed by atoms with Crippen LogP contribution in [0.4, 0.5) is 0 Å². The second-order valence-electron chi connectivity index (χ2n) is 6.41. The molecule has 1 saturated heterocycles. The lowest BCUT2D eigenvalue weighted by molar-refractivity contribution is -0.135. The van der Waals surface area contributed by atoms with Gasteiger partial charge in [0.2, 0.25) is 5.91 Å². The number of benzene rings is 1. The molecule has 3 rings (SSSR count). The zero-order chi connectivity index (χ0) is 16.4. The molecule has 1 aromatic rings. The van der Waals surface area contributed by atoms with Gasteiger partial charge in [-0.05, 0) is 30.5 Å². The van der Waals surface area contributed by atoms with Crippen molar-refractivity contribution in [3.8, 4) is 0 Å². The summed E-state index contributed by atoms with van der Waals surface area (Å²) >= 11 is 1.79. The van der Waals surface area contributed by atoms with E-state index < -0.39 is 9.84 Å². The molecular formula is C17H23NO3S2. The van der Waals surface area contributed by atoms with Crippen molar-refractivity contribution in [2.24, 2.45) is 0 Å². The third-order valence-corrected chi connectivity index (χ3v) is 7.08. The average Bonchev–Trinajstić information content (AvgIpc) is 2.55. The predicted molar refractivity (Wildman–Crippen MR) is 93.1 cm³/mol. The number of hydrogen-bond donors (Lipinski definition) is 0. The fourth-order valence-corrected chi connectivity index (χ4v) is 5.43. The minimum absolute atomic E-state index is 0.0213. The van der Waals surface area contributed by atoms with Crippen molar-refractivity contribution in [3.05, 3.63) is 29.8 Å². The van der Waals surface area contributed by atoms with Crippen LogP contribution in [0.3, 0.4) is 0 Å². The van der Waals surface area contributed by atoms with Gasteiger partial charge in [0.15, 0.2) is 9.84 Å². The smallest absolute Gasteiger partial charge is 0.224 e. The highest BCUT2D eigenvalue weighted by atomic mass is 32.2. The summed E-state index contributed by atoms with van der Waals surface area (Å²) in [7, 11) is -3.18. The van der Waals surface area contributed by atoms with Gasteiger partial charge in [-0.25, -0.2) is 8.42 Å². The molecule has 0 bridgehead atoms. The maximum Gasteiger partial charge on any atom is 0.224 e. The lowest BCUT2D eigenvalue weighted by Crippen LogP contribution is -2.45. The monoisotopic (exact) mass is 353 g/mol. The fraction of sp³-hybridized carbons (Fsp3) is 0.588. The minimum atomic E-state index is -3.18. The van der Waals surface area contributed by atoms with Crippen LogP contribution in [-0.2, 0) is 14.6 Å². The molecule has 2 aliphatic rings. The molecule has 1 atom stereocenters. The van der Waals surface area contributed by atoms with Crippen molar-refractivity contribution in [2.75, 3.05) is 12.0 Å². The minimum Gasteiger partial charge on any atom is -0.324 e. The maximum atomic E-state index is 12.5. The van der Waals surface area contributed by atoms with E-state index in [-0.39, 0.29) is 11.3 Å². The van der Waals surface area contributed by atoms with Crippen molar-refractivity contribution >= 4 is 27.5 Å². The predicted octanol–water partition coefficient (Wildman–Crippen LogP) is 3.39. The first-order chi connectivity index (χ1) is 11.0. The quantitative estimate of drug-likeness (QED) is 0.836. The maximum absolute atomic E-state index is 12.5. The molecule has 4 nitrogen and oxygen atoms in total. The number of hydrogen-bond acceptors (Lipinski definition) is 4. The van der Waals surface area contributed by atoms with Gasteiger partial charge in [-0.1, -0.05) is 31.4 Å². The molecule has 126 valence electrons. The molecule has 6 heteroatoms. The fourth-order valence-electron chi connectivity index (χ4n) is 3.49. The summed E-state index contributed by atoms with van der Waals surface area (Å²) in [4.78, 5) is 14.9. The molecule has 1 saturated carbocycles. The van der Waals surface area contributed by atoms with Gasteiger partial charge in [0.25, 0.3) is 0 Å². The van der Waals surface area contributed by atoms with Crippen LogP contribution in [0, 0.1) is 0 Å². The van der Waals surface area contributed by atoms with Crippen molar-refractivity contribution in [1.82, 2.24) is 4.90 Å². The van der Waals surface area contributed by atoms with Crippen LogP contribution in [0.1, 0.15) is 49.5 Å². The van der Waals surface area contributed by atoms with E-state index in [0.29, 0.717) is 17.4 Å². The van der Waals surface area contributed by atoms with Crippen molar-refractivity contribution < 1.29 is 13.2 Å². The van der Waals surface area contributed by atoms with Crippen LogP contribution < -0.4 is 0 Å². The first-order valence-electron chi connectivity index (χ1n) is 8.19. The van der Waals surface area contributed by atoms with Gasteiger partial charge in [0.05, 0.1) is 4.90 Å². The normalized spacial score (nSPS) is 24.0. The summed E-state index contributed by atoms with van der Waals surface area (Å²) in [5.74, 6) is 1.08. The molecule has 1 aliphatic carbocycles. The number of sulfone groups is 1. The summed E-state index contributed by atoms with van der Waals surface area (Å²) in [6.45, 7) is 0. The second kappa shape index (κ2) is 6.85. The van der Waals surface area contributed by atoms with Crippen LogP contribution in [0.25, 0.3) is 0 Å². The molecule has 0 radical (unpaired) electrons. The lowest BCUT2D eigenvalue weighted by Gasteiger charge is -2.42. The topological polar surface area (TPSA) is 54.5 Å². The Morgan fingerprint density at radius 2 is 1.74 bits per heavy atom. The van der Waals surface area contributed by atoms with E-state index in [0.717, 1.165) is 24.2 Å². The third kappa shape index (κ3) is 3.74. The van der Waals surface area contributed by atoms with E-state index in [1.807, 2.05) is 12.1 Å². The van der Waals surface area contributed by atoms with Gasteiger partial charge in [0.1, 0.15) is 5.37 Å². The van der Waals surface area contributed by atoms with Gasteiger partial charge in [-0.3, -0.25) is 4.79 Å². The van der Waals surface area contributed by atoms with Crippen LogP contribution in [0.5, 0.6) is 0 Å². The Bertz CT molecular complexity index is 664. The average molecular weight is 354 g/mol. The van der Waals surface area contributed by atoms with E-state index in [1.54, 1.807) is 23.9 Å². The number of carbonyl (C=O) groups is 1. The summed E-state index contributed by atoms with van der Waals surface area (Å²) < 4.78 is 23.2. The van der Waals surface area contributed by atoms with E-state index in [4.69, 9.17) is 0 Å². The highest BCUT2D eigenvalue weighted by molar-refractivity contribution is 7.99. The molecule has 1 aliphatic heterocycles. The Kier molecular flexibility index (Phi) is 5.01. The zero-order valence-corrected chi connectivity index (χ0v) is 15.0. The number of amides is 1. The lowest BCUT2D eigenvalue weighted by atomic mass is 9.93. The van der Waals surface area contributed by atoms with Crippen LogP contribution >= 0.6 is 11.8 Å². The molecule has 1 aromatic carbocycles. The number of rotatable bonds is 3. The summed E-state index contributed by atoms with van der Waals surface area (Å²) in [6.07, 6.45) is 7.65. The Morgan fingerprint density at radius 1 is 1.09 bits per heavy atom. The van der Waals surface area contributed by atoms with E-state index in [2.05, 4.69) is 4.90 Å². The first kappa shape index (κ1) is 16.8. The number of thioether (sulfide) groups is 1. The largest absolute Gasteiger partial charge is 0.324 e. The first-order valence-corrected chi connectivity index (χ1v) is 11.1.